The minimum Gasteiger partial charge on any atom is -0.469 e. The van der Waals surface area contributed by atoms with Crippen LogP contribution >= 0.6 is 0 Å². The van der Waals surface area contributed by atoms with Gasteiger partial charge in [0.15, 0.2) is 5.82 Å². The van der Waals surface area contributed by atoms with E-state index in [4.69, 9.17) is 19.4 Å². The molecule has 2 aromatic heterocycles. The molecule has 6 heteroatoms. The van der Waals surface area contributed by atoms with E-state index in [1.165, 1.54) is 6.42 Å². The third-order valence-corrected chi connectivity index (χ3v) is 3.70. The Kier molecular flexibility index (Phi) is 3.35. The van der Waals surface area contributed by atoms with Gasteiger partial charge < -0.3 is 19.4 Å². The van der Waals surface area contributed by atoms with Crippen molar-refractivity contribution in [2.75, 3.05) is 6.61 Å². The standard InChI is InChI=1S/C14H19N3O3/c1-9-11(6-7-18-9)12-16-13(17-20-12)14(2,15)8-19-10-4-3-5-10/h6-7,10H,3-5,8,15H2,1-2H3. The van der Waals surface area contributed by atoms with Gasteiger partial charge in [-0.25, -0.2) is 0 Å². The first-order valence-corrected chi connectivity index (χ1v) is 6.85. The molecule has 0 bridgehead atoms. The molecule has 1 saturated carbocycles. The Morgan fingerprint density at radius 3 is 2.90 bits per heavy atom. The van der Waals surface area contributed by atoms with Crippen LogP contribution in [0.4, 0.5) is 0 Å². The molecular formula is C14H19N3O3. The van der Waals surface area contributed by atoms with Gasteiger partial charge in [0.1, 0.15) is 11.3 Å². The van der Waals surface area contributed by atoms with Crippen molar-refractivity contribution in [1.29, 1.82) is 0 Å². The number of furan rings is 1. The number of hydrogen-bond acceptors (Lipinski definition) is 6. The molecule has 0 amide bonds. The van der Waals surface area contributed by atoms with E-state index in [1.807, 2.05) is 13.8 Å². The summed E-state index contributed by atoms with van der Waals surface area (Å²) in [4.78, 5) is 4.36. The molecule has 0 saturated heterocycles. The van der Waals surface area contributed by atoms with Gasteiger partial charge in [0.25, 0.3) is 5.89 Å². The highest BCUT2D eigenvalue weighted by Gasteiger charge is 2.31. The van der Waals surface area contributed by atoms with Gasteiger partial charge in [0, 0.05) is 0 Å². The number of aryl methyl sites for hydroxylation is 1. The lowest BCUT2D eigenvalue weighted by Crippen LogP contribution is -2.41. The first-order chi connectivity index (χ1) is 9.56. The number of nitrogens with two attached hydrogens (primary N) is 1. The maximum absolute atomic E-state index is 6.24. The highest BCUT2D eigenvalue weighted by molar-refractivity contribution is 5.54. The number of hydrogen-bond donors (Lipinski definition) is 1. The second-order valence-electron chi connectivity index (χ2n) is 5.59. The lowest BCUT2D eigenvalue weighted by atomic mass is 9.95. The quantitative estimate of drug-likeness (QED) is 0.902. The van der Waals surface area contributed by atoms with Gasteiger partial charge in [-0.2, -0.15) is 4.98 Å². The topological polar surface area (TPSA) is 87.3 Å². The van der Waals surface area contributed by atoms with Crippen LogP contribution in [0, 0.1) is 6.92 Å². The van der Waals surface area contributed by atoms with Crippen molar-refractivity contribution in [2.24, 2.45) is 5.73 Å². The summed E-state index contributed by atoms with van der Waals surface area (Å²) in [5.41, 5.74) is 6.27. The fraction of sp³-hybridized carbons (Fsp3) is 0.571. The summed E-state index contributed by atoms with van der Waals surface area (Å²) in [5, 5.41) is 3.97. The van der Waals surface area contributed by atoms with Crippen LogP contribution in [0.25, 0.3) is 11.5 Å². The summed E-state index contributed by atoms with van der Waals surface area (Å²) in [6, 6.07) is 1.80. The SMILES string of the molecule is Cc1occc1-c1nc(C(C)(N)COC2CCC2)no1. The average molecular weight is 277 g/mol. The molecule has 108 valence electrons. The molecule has 1 unspecified atom stereocenters. The lowest BCUT2D eigenvalue weighted by Gasteiger charge is -2.29. The fourth-order valence-electron chi connectivity index (χ4n) is 2.06. The predicted molar refractivity (Wildman–Crippen MR) is 71.9 cm³/mol. The second kappa shape index (κ2) is 5.03. The Hall–Kier alpha value is -1.66. The van der Waals surface area contributed by atoms with Crippen LogP contribution in [0.2, 0.25) is 0 Å². The summed E-state index contributed by atoms with van der Waals surface area (Å²) in [7, 11) is 0. The van der Waals surface area contributed by atoms with Crippen LogP contribution < -0.4 is 5.73 Å². The van der Waals surface area contributed by atoms with Gasteiger partial charge in [-0.3, -0.25) is 0 Å². The molecule has 1 aliphatic rings. The molecule has 0 spiro atoms. The van der Waals surface area contributed by atoms with Crippen LogP contribution in [0.3, 0.4) is 0 Å². The Balaban J connectivity index is 1.73. The highest BCUT2D eigenvalue weighted by Crippen LogP contribution is 2.27. The second-order valence-corrected chi connectivity index (χ2v) is 5.59. The Morgan fingerprint density at radius 2 is 2.30 bits per heavy atom. The Morgan fingerprint density at radius 1 is 1.50 bits per heavy atom. The fourth-order valence-corrected chi connectivity index (χ4v) is 2.06. The molecule has 1 atom stereocenters. The monoisotopic (exact) mass is 277 g/mol. The zero-order valence-electron chi connectivity index (χ0n) is 11.8. The molecular weight excluding hydrogens is 258 g/mol. The van der Waals surface area contributed by atoms with Crippen molar-refractivity contribution in [3.05, 3.63) is 23.9 Å². The van der Waals surface area contributed by atoms with Gasteiger partial charge >= 0.3 is 0 Å². The zero-order chi connectivity index (χ0) is 14.2. The van der Waals surface area contributed by atoms with Gasteiger partial charge in [-0.15, -0.1) is 0 Å². The highest BCUT2D eigenvalue weighted by atomic mass is 16.5. The van der Waals surface area contributed by atoms with Crippen molar-refractivity contribution in [2.45, 2.75) is 44.8 Å². The minimum atomic E-state index is -0.755. The average Bonchev–Trinajstić information content (AvgIpc) is 2.94. The van der Waals surface area contributed by atoms with E-state index < -0.39 is 5.54 Å². The Labute approximate surface area is 117 Å². The van der Waals surface area contributed by atoms with Crippen LogP contribution in [0.5, 0.6) is 0 Å². The lowest BCUT2D eigenvalue weighted by molar-refractivity contribution is -0.0222. The summed E-state index contributed by atoms with van der Waals surface area (Å²) >= 11 is 0. The molecule has 2 heterocycles. The first-order valence-electron chi connectivity index (χ1n) is 6.85. The molecule has 1 aliphatic carbocycles. The van der Waals surface area contributed by atoms with E-state index >= 15 is 0 Å². The van der Waals surface area contributed by atoms with Gasteiger partial charge in [-0.1, -0.05) is 5.16 Å². The van der Waals surface area contributed by atoms with Gasteiger partial charge in [-0.05, 0) is 39.2 Å². The molecule has 1 fully saturated rings. The maximum Gasteiger partial charge on any atom is 0.261 e. The summed E-state index contributed by atoms with van der Waals surface area (Å²) in [5.74, 6) is 1.61. The molecule has 2 aromatic rings. The van der Waals surface area contributed by atoms with Crippen LogP contribution in [-0.4, -0.2) is 22.9 Å². The van der Waals surface area contributed by atoms with Gasteiger partial charge in [0.05, 0.1) is 24.5 Å². The molecule has 2 N–H and O–H groups in total. The van der Waals surface area contributed by atoms with Crippen molar-refractivity contribution < 1.29 is 13.7 Å². The largest absolute Gasteiger partial charge is 0.469 e. The van der Waals surface area contributed by atoms with Crippen molar-refractivity contribution in [1.82, 2.24) is 10.1 Å². The predicted octanol–water partition coefficient (Wildman–Crippen LogP) is 2.38. The van der Waals surface area contributed by atoms with E-state index in [2.05, 4.69) is 10.1 Å². The minimum absolute atomic E-state index is 0.334. The van der Waals surface area contributed by atoms with E-state index in [0.717, 1.165) is 24.2 Å². The molecule has 0 aromatic carbocycles. The number of aromatic nitrogens is 2. The van der Waals surface area contributed by atoms with Crippen LogP contribution in [0.1, 0.15) is 37.8 Å². The van der Waals surface area contributed by atoms with E-state index in [-0.39, 0.29) is 0 Å². The van der Waals surface area contributed by atoms with Crippen molar-refractivity contribution in [3.63, 3.8) is 0 Å². The van der Waals surface area contributed by atoms with Crippen molar-refractivity contribution in [3.8, 4) is 11.5 Å². The third-order valence-electron chi connectivity index (χ3n) is 3.70. The summed E-state index contributed by atoms with van der Waals surface area (Å²) < 4.78 is 16.3. The molecule has 0 aliphatic heterocycles. The number of rotatable bonds is 5. The van der Waals surface area contributed by atoms with Crippen LogP contribution in [-0.2, 0) is 10.3 Å². The maximum atomic E-state index is 6.24. The molecule has 3 rings (SSSR count). The molecule has 6 nitrogen and oxygen atoms in total. The van der Waals surface area contributed by atoms with E-state index in [9.17, 15) is 0 Å². The summed E-state index contributed by atoms with van der Waals surface area (Å²) in [6.07, 6.45) is 5.39. The molecule has 20 heavy (non-hydrogen) atoms. The number of ether oxygens (including phenoxy) is 1. The first kappa shape index (κ1) is 13.3. The zero-order valence-corrected chi connectivity index (χ0v) is 11.8. The van der Waals surface area contributed by atoms with Crippen LogP contribution in [0.15, 0.2) is 21.3 Å². The van der Waals surface area contributed by atoms with E-state index in [0.29, 0.717) is 24.4 Å². The van der Waals surface area contributed by atoms with Gasteiger partial charge in [0.2, 0.25) is 0 Å². The Bertz CT molecular complexity index is 584. The van der Waals surface area contributed by atoms with Crippen molar-refractivity contribution >= 4 is 0 Å². The smallest absolute Gasteiger partial charge is 0.261 e. The third kappa shape index (κ3) is 2.48. The molecule has 0 radical (unpaired) electrons. The normalized spacial score (nSPS) is 18.8. The number of nitrogens with zero attached hydrogens (tertiary/aromatic N) is 2. The van der Waals surface area contributed by atoms with E-state index in [1.54, 1.807) is 12.3 Å². The summed E-state index contributed by atoms with van der Waals surface area (Å²) in [6.45, 7) is 4.09.